The third-order valence-electron chi connectivity index (χ3n) is 21.0. The monoisotopic (exact) mass is 796 g/mol. The van der Waals surface area contributed by atoms with E-state index in [1.54, 1.807) is 6.92 Å². The molecule has 0 radical (unpaired) electrons. The Morgan fingerprint density at radius 2 is 1.14 bits per heavy atom. The average Bonchev–Trinajstić information content (AvgIpc) is 3.70. The number of rotatable bonds is 9. The Balaban J connectivity index is 0.000000174. The van der Waals surface area contributed by atoms with Gasteiger partial charge in [-0.15, -0.1) is 0 Å². The first-order valence-electron chi connectivity index (χ1n) is 24.2. The first-order valence-corrected chi connectivity index (χ1v) is 24.2. The van der Waals surface area contributed by atoms with Crippen molar-refractivity contribution < 1.29 is 29.6 Å². The molecule has 8 saturated carbocycles. The van der Waals surface area contributed by atoms with Crippen LogP contribution in [0.5, 0.6) is 0 Å². The molecule has 57 heavy (non-hydrogen) atoms. The minimum absolute atomic E-state index is 0.179. The van der Waals surface area contributed by atoms with Gasteiger partial charge in [0.15, 0.2) is 0 Å². The van der Waals surface area contributed by atoms with E-state index < -0.39 is 5.97 Å². The highest BCUT2D eigenvalue weighted by Crippen LogP contribution is 2.70. The summed E-state index contributed by atoms with van der Waals surface area (Å²) in [6.45, 7) is 16.5. The number of aliphatic carboxylic acids is 1. The summed E-state index contributed by atoms with van der Waals surface area (Å²) in [5, 5.41) is 30.5. The van der Waals surface area contributed by atoms with Gasteiger partial charge in [-0.2, -0.15) is 0 Å². The molecule has 0 aromatic carbocycles. The van der Waals surface area contributed by atoms with Crippen molar-refractivity contribution in [3.63, 3.8) is 0 Å². The van der Waals surface area contributed by atoms with Crippen LogP contribution in [0.2, 0.25) is 0 Å². The van der Waals surface area contributed by atoms with Crippen LogP contribution in [0.1, 0.15) is 177 Å². The highest BCUT2D eigenvalue weighted by atomic mass is 16.5. The van der Waals surface area contributed by atoms with E-state index in [4.69, 9.17) is 15.6 Å². The van der Waals surface area contributed by atoms with Crippen molar-refractivity contribution in [3.8, 4) is 0 Å². The third-order valence-corrected chi connectivity index (χ3v) is 21.0. The molecule has 0 spiro atoms. The van der Waals surface area contributed by atoms with Crippen LogP contribution in [0, 0.1) is 92.7 Å². The molecule has 0 aromatic heterocycles. The highest BCUT2D eigenvalue weighted by molar-refractivity contribution is 5.75. The first kappa shape index (κ1) is 44.0. The van der Waals surface area contributed by atoms with Crippen molar-refractivity contribution in [2.24, 2.45) is 98.4 Å². The number of ketones is 1. The van der Waals surface area contributed by atoms with E-state index in [9.17, 15) is 19.8 Å². The number of ether oxygens (including phenoxy) is 1. The molecule has 0 amide bonds. The molecule has 0 aliphatic heterocycles. The molecule has 8 aliphatic rings. The fraction of sp³-hybridized carbons (Fsp3) is 0.960. The fourth-order valence-electron chi connectivity index (χ4n) is 17.8. The van der Waals surface area contributed by atoms with Gasteiger partial charge >= 0.3 is 5.97 Å². The molecule has 326 valence electrons. The van der Waals surface area contributed by atoms with Gasteiger partial charge in [-0.3, -0.25) is 4.79 Å². The molecular weight excluding hydrogens is 711 g/mol. The van der Waals surface area contributed by atoms with Gasteiger partial charge in [0.25, 0.3) is 0 Å². The van der Waals surface area contributed by atoms with Crippen LogP contribution in [0.4, 0.5) is 0 Å². The standard InChI is InChI=1S/C26H45NO2.C24H40O4/c1-16(6-7-17(2)28)20-8-9-21-24-22(11-13-26(20,21)4)25(3)12-10-19(29-5)14-18(25)15-23(24)27;1-14(4-7-21(27)28)17-5-6-18-22-19(9-11-24(17,18)3)23(2)10-8-16(25)12-15(23)13-20(22)26/h16,18-24H,6-15,27H2,1-5H3;14-20,22,25-26H,4-13H2,1-3H3,(H,27,28)/t16?,18-,19+,20?,21-,22-,23+,24-,25-,26+;14?,15-,16+,17?,18-,19-,20+,22-,23-,24+/m00/s1. The molecule has 7 nitrogen and oxygen atoms in total. The van der Waals surface area contributed by atoms with E-state index in [1.807, 2.05) is 7.11 Å². The van der Waals surface area contributed by atoms with E-state index >= 15 is 0 Å². The lowest BCUT2D eigenvalue weighted by Gasteiger charge is -2.63. The Hall–Kier alpha value is -1.02. The van der Waals surface area contributed by atoms with Crippen LogP contribution in [0.25, 0.3) is 0 Å². The van der Waals surface area contributed by atoms with Gasteiger partial charge in [-0.1, -0.05) is 41.5 Å². The quantitative estimate of drug-likeness (QED) is 0.183. The number of carbonyl (C=O) groups is 2. The van der Waals surface area contributed by atoms with Crippen LogP contribution in [0.3, 0.4) is 0 Å². The van der Waals surface area contributed by atoms with Gasteiger partial charge in [0.2, 0.25) is 0 Å². The number of Topliss-reactive ketones (excluding diaryl/α,β-unsaturated/α-hetero) is 1. The number of aliphatic hydroxyl groups is 2. The molecule has 8 fully saturated rings. The van der Waals surface area contributed by atoms with E-state index in [0.29, 0.717) is 76.1 Å². The Morgan fingerprint density at radius 3 is 1.70 bits per heavy atom. The number of hydrogen-bond acceptors (Lipinski definition) is 6. The summed E-state index contributed by atoms with van der Waals surface area (Å²) in [6, 6.07) is 0.365. The van der Waals surface area contributed by atoms with E-state index in [2.05, 4.69) is 41.5 Å². The van der Waals surface area contributed by atoms with Crippen molar-refractivity contribution >= 4 is 11.8 Å². The lowest BCUT2D eigenvalue weighted by molar-refractivity contribution is -0.174. The van der Waals surface area contributed by atoms with Crippen molar-refractivity contribution in [2.45, 2.75) is 201 Å². The molecule has 5 N–H and O–H groups in total. The predicted octanol–water partition coefficient (Wildman–Crippen LogP) is 10.1. The van der Waals surface area contributed by atoms with Crippen LogP contribution < -0.4 is 5.73 Å². The van der Waals surface area contributed by atoms with Gasteiger partial charge < -0.3 is 30.6 Å². The number of carboxylic acids is 1. The Morgan fingerprint density at radius 1 is 0.649 bits per heavy atom. The van der Waals surface area contributed by atoms with E-state index in [1.165, 1.54) is 77.0 Å². The normalized spacial score (nSPS) is 51.0. The minimum Gasteiger partial charge on any atom is -0.481 e. The highest BCUT2D eigenvalue weighted by Gasteiger charge is 2.64. The van der Waals surface area contributed by atoms with Gasteiger partial charge in [0.05, 0.1) is 18.3 Å². The molecule has 0 aromatic rings. The van der Waals surface area contributed by atoms with Crippen LogP contribution in [-0.2, 0) is 14.3 Å². The van der Waals surface area contributed by atoms with Crippen molar-refractivity contribution in [1.29, 1.82) is 0 Å². The Labute approximate surface area is 347 Å². The molecule has 4 unspecified atom stereocenters. The molecule has 8 rings (SSSR count). The average molecular weight is 796 g/mol. The second-order valence-corrected chi connectivity index (χ2v) is 23.3. The number of fused-ring (bicyclic) bond motifs is 10. The number of carboxylic acid groups (broad SMARTS) is 1. The summed E-state index contributed by atoms with van der Waals surface area (Å²) in [4.78, 5) is 22.6. The predicted molar refractivity (Wildman–Crippen MR) is 227 cm³/mol. The first-order chi connectivity index (χ1) is 26.9. The number of methoxy groups -OCH3 is 1. The van der Waals surface area contributed by atoms with Crippen LogP contribution >= 0.6 is 0 Å². The molecular formula is C50H85NO6. The fourth-order valence-corrected chi connectivity index (χ4v) is 17.8. The topological polar surface area (TPSA) is 130 Å². The van der Waals surface area contributed by atoms with Crippen molar-refractivity contribution in [3.05, 3.63) is 0 Å². The maximum Gasteiger partial charge on any atom is 0.303 e. The summed E-state index contributed by atoms with van der Waals surface area (Å²) in [5.74, 6) is 7.18. The molecule has 0 heterocycles. The van der Waals surface area contributed by atoms with Gasteiger partial charge in [0, 0.05) is 26.0 Å². The zero-order chi connectivity index (χ0) is 41.2. The Kier molecular flexibility index (Phi) is 12.9. The summed E-state index contributed by atoms with van der Waals surface area (Å²) in [5.41, 5.74) is 8.41. The second kappa shape index (κ2) is 16.7. The largest absolute Gasteiger partial charge is 0.481 e. The minimum atomic E-state index is -0.684. The SMILES string of the molecule is CC(CCC(=O)O)C1CC[C@H]2[C@@H]3[C@H](O)C[C@@H]4C[C@H](O)CC[C@]4(C)[C@H]3CC[C@]12C.CO[C@@H]1CC[C@@]2(C)[C@@H](C1)C[C@@H](N)[C@@H]1[C@@H]2CC[C@]2(C)C(C(C)CCC(C)=O)CC[C@@H]12. The summed E-state index contributed by atoms with van der Waals surface area (Å²) in [6.07, 6.45) is 21.9. The van der Waals surface area contributed by atoms with Gasteiger partial charge in [0.1, 0.15) is 5.78 Å². The molecule has 0 saturated heterocycles. The smallest absolute Gasteiger partial charge is 0.303 e. The van der Waals surface area contributed by atoms with Crippen LogP contribution in [-0.4, -0.2) is 58.5 Å². The summed E-state index contributed by atoms with van der Waals surface area (Å²) >= 11 is 0. The molecule has 20 atom stereocenters. The van der Waals surface area contributed by atoms with E-state index in [-0.39, 0.29) is 29.5 Å². The number of aliphatic hydroxyl groups excluding tert-OH is 2. The number of carbonyl (C=O) groups excluding carboxylic acids is 1. The zero-order valence-corrected chi connectivity index (χ0v) is 37.5. The van der Waals surface area contributed by atoms with Crippen molar-refractivity contribution in [1.82, 2.24) is 0 Å². The van der Waals surface area contributed by atoms with Gasteiger partial charge in [-0.25, -0.2) is 0 Å². The molecule has 7 heteroatoms. The maximum absolute atomic E-state index is 11.5. The lowest BCUT2D eigenvalue weighted by Crippen LogP contribution is -2.60. The summed E-state index contributed by atoms with van der Waals surface area (Å²) < 4.78 is 5.76. The molecule has 8 aliphatic carbocycles. The Bertz CT molecular complexity index is 1440. The third kappa shape index (κ3) is 7.76. The zero-order valence-electron chi connectivity index (χ0n) is 37.5. The number of nitrogens with two attached hydrogens (primary N) is 1. The lowest BCUT2D eigenvalue weighted by atomic mass is 9.43. The molecule has 0 bridgehead atoms. The number of hydrogen-bond donors (Lipinski definition) is 4. The van der Waals surface area contributed by atoms with Crippen molar-refractivity contribution in [2.75, 3.05) is 7.11 Å². The second-order valence-electron chi connectivity index (χ2n) is 23.3. The van der Waals surface area contributed by atoms with Gasteiger partial charge in [-0.05, 0) is 215 Å². The van der Waals surface area contributed by atoms with Crippen LogP contribution in [0.15, 0.2) is 0 Å². The summed E-state index contributed by atoms with van der Waals surface area (Å²) in [7, 11) is 1.89. The van der Waals surface area contributed by atoms with E-state index in [0.717, 1.165) is 68.6 Å². The maximum atomic E-state index is 11.5.